The van der Waals surface area contributed by atoms with Gasteiger partial charge in [-0.1, -0.05) is 25.9 Å². The molecule has 0 aliphatic carbocycles. The summed E-state index contributed by atoms with van der Waals surface area (Å²) in [6, 6.07) is 0.163. The number of hydrogen-bond acceptors (Lipinski definition) is 5. The Kier molecular flexibility index (Phi) is 5.95. The van der Waals surface area contributed by atoms with Crippen LogP contribution < -0.4 is 0 Å². The van der Waals surface area contributed by atoms with Gasteiger partial charge in [0, 0.05) is 12.5 Å². The number of carbonyl (C=O) groups is 1. The zero-order valence-electron chi connectivity index (χ0n) is 12.1. The van der Waals surface area contributed by atoms with Gasteiger partial charge in [0.25, 0.3) is 0 Å². The number of nitrogens with zero attached hydrogens (tertiary/aromatic N) is 3. The minimum Gasteiger partial charge on any atom is -0.480 e. The molecule has 0 bridgehead atoms. The topological polar surface area (TPSA) is 79.5 Å². The number of carboxylic acid groups (broad SMARTS) is 1. The summed E-state index contributed by atoms with van der Waals surface area (Å²) >= 11 is 0. The van der Waals surface area contributed by atoms with Gasteiger partial charge in [-0.25, -0.2) is 0 Å². The van der Waals surface area contributed by atoms with Gasteiger partial charge in [-0.15, -0.1) is 0 Å². The van der Waals surface area contributed by atoms with E-state index in [-0.39, 0.29) is 12.6 Å². The Morgan fingerprint density at radius 3 is 2.63 bits per heavy atom. The molecule has 1 heterocycles. The van der Waals surface area contributed by atoms with E-state index in [9.17, 15) is 4.79 Å². The Morgan fingerprint density at radius 2 is 2.11 bits per heavy atom. The van der Waals surface area contributed by atoms with E-state index in [0.717, 1.165) is 12.8 Å². The van der Waals surface area contributed by atoms with E-state index in [0.29, 0.717) is 24.2 Å². The molecule has 0 saturated carbocycles. The van der Waals surface area contributed by atoms with Gasteiger partial charge in [-0.2, -0.15) is 4.98 Å². The fraction of sp³-hybridized carbons (Fsp3) is 0.769. The fourth-order valence-corrected chi connectivity index (χ4v) is 1.78. The van der Waals surface area contributed by atoms with E-state index in [2.05, 4.69) is 24.0 Å². The van der Waals surface area contributed by atoms with Crippen molar-refractivity contribution < 1.29 is 14.4 Å². The van der Waals surface area contributed by atoms with Crippen molar-refractivity contribution in [2.45, 2.75) is 53.1 Å². The molecule has 0 saturated heterocycles. The van der Waals surface area contributed by atoms with Crippen LogP contribution in [0.2, 0.25) is 0 Å². The van der Waals surface area contributed by atoms with E-state index < -0.39 is 5.97 Å². The lowest BCUT2D eigenvalue weighted by Crippen LogP contribution is -2.36. The molecule has 19 heavy (non-hydrogen) atoms. The minimum absolute atomic E-state index is 0.0170. The Bertz CT molecular complexity index is 404. The van der Waals surface area contributed by atoms with Crippen LogP contribution in [-0.4, -0.2) is 38.7 Å². The molecule has 0 amide bonds. The molecule has 0 aromatic carbocycles. The van der Waals surface area contributed by atoms with Crippen molar-refractivity contribution in [3.63, 3.8) is 0 Å². The molecular formula is C13H23N3O3. The normalized spacial score (nSPS) is 13.2. The van der Waals surface area contributed by atoms with Gasteiger partial charge < -0.3 is 9.63 Å². The van der Waals surface area contributed by atoms with Gasteiger partial charge in [0.2, 0.25) is 5.89 Å². The van der Waals surface area contributed by atoms with Crippen LogP contribution in [0.4, 0.5) is 0 Å². The summed E-state index contributed by atoms with van der Waals surface area (Å²) in [6.07, 6.45) is 1.64. The third kappa shape index (κ3) is 5.38. The SMILES string of the molecule is CCC(C)N(CC(=O)O)Cc1nc(CC(C)C)no1. The van der Waals surface area contributed by atoms with Gasteiger partial charge in [0.15, 0.2) is 5.82 Å². The van der Waals surface area contributed by atoms with Gasteiger partial charge >= 0.3 is 5.97 Å². The highest BCUT2D eigenvalue weighted by molar-refractivity contribution is 5.69. The van der Waals surface area contributed by atoms with Crippen LogP contribution in [0.25, 0.3) is 0 Å². The summed E-state index contributed by atoms with van der Waals surface area (Å²) in [4.78, 5) is 17.0. The van der Waals surface area contributed by atoms with E-state index >= 15 is 0 Å². The summed E-state index contributed by atoms with van der Waals surface area (Å²) in [6.45, 7) is 8.56. The number of rotatable bonds is 8. The van der Waals surface area contributed by atoms with Gasteiger partial charge in [-0.05, 0) is 19.3 Å². The van der Waals surface area contributed by atoms with Crippen molar-refractivity contribution >= 4 is 5.97 Å². The molecule has 0 aliphatic rings. The van der Waals surface area contributed by atoms with E-state index in [1.165, 1.54) is 0 Å². The lowest BCUT2D eigenvalue weighted by Gasteiger charge is -2.24. The second kappa shape index (κ2) is 7.23. The van der Waals surface area contributed by atoms with Crippen molar-refractivity contribution in [2.24, 2.45) is 5.92 Å². The zero-order chi connectivity index (χ0) is 14.4. The third-order valence-corrected chi connectivity index (χ3v) is 2.99. The monoisotopic (exact) mass is 269 g/mol. The van der Waals surface area contributed by atoms with Gasteiger partial charge in [0.1, 0.15) is 0 Å². The highest BCUT2D eigenvalue weighted by Gasteiger charge is 2.19. The Balaban J connectivity index is 2.67. The number of hydrogen-bond donors (Lipinski definition) is 1. The average Bonchev–Trinajstić information content (AvgIpc) is 2.73. The van der Waals surface area contributed by atoms with Crippen LogP contribution in [0.3, 0.4) is 0 Å². The van der Waals surface area contributed by atoms with Gasteiger partial charge in [-0.3, -0.25) is 9.69 Å². The molecule has 6 nitrogen and oxygen atoms in total. The van der Waals surface area contributed by atoms with Crippen molar-refractivity contribution in [3.05, 3.63) is 11.7 Å². The molecule has 1 rings (SSSR count). The van der Waals surface area contributed by atoms with Crippen molar-refractivity contribution in [3.8, 4) is 0 Å². The van der Waals surface area contributed by atoms with Crippen LogP contribution in [0.1, 0.15) is 45.8 Å². The molecule has 1 N–H and O–H groups in total. The highest BCUT2D eigenvalue weighted by atomic mass is 16.5. The molecule has 1 aromatic heterocycles. The smallest absolute Gasteiger partial charge is 0.317 e. The first-order chi connectivity index (χ1) is 8.92. The summed E-state index contributed by atoms with van der Waals surface area (Å²) in [7, 11) is 0. The summed E-state index contributed by atoms with van der Waals surface area (Å²) in [5, 5.41) is 12.8. The molecule has 6 heteroatoms. The van der Waals surface area contributed by atoms with Crippen LogP contribution in [0.5, 0.6) is 0 Å². The summed E-state index contributed by atoms with van der Waals surface area (Å²) < 4.78 is 5.18. The molecule has 108 valence electrons. The molecule has 0 spiro atoms. The Morgan fingerprint density at radius 1 is 1.42 bits per heavy atom. The molecule has 0 fully saturated rings. The standard InChI is InChI=1S/C13H23N3O3/c1-5-10(4)16(8-13(17)18)7-12-14-11(15-19-12)6-9(2)3/h9-10H,5-8H2,1-4H3,(H,17,18). The van der Waals surface area contributed by atoms with Crippen LogP contribution in [0, 0.1) is 5.92 Å². The molecule has 1 aromatic rings. The second-order valence-electron chi connectivity index (χ2n) is 5.26. The quantitative estimate of drug-likeness (QED) is 0.777. The summed E-state index contributed by atoms with van der Waals surface area (Å²) in [5.41, 5.74) is 0. The average molecular weight is 269 g/mol. The molecule has 0 radical (unpaired) electrons. The predicted molar refractivity (Wildman–Crippen MR) is 70.6 cm³/mol. The first kappa shape index (κ1) is 15.6. The number of carboxylic acids is 1. The zero-order valence-corrected chi connectivity index (χ0v) is 12.1. The maximum absolute atomic E-state index is 10.9. The lowest BCUT2D eigenvalue weighted by molar-refractivity contribution is -0.139. The van der Waals surface area contributed by atoms with Gasteiger partial charge in [0.05, 0.1) is 13.1 Å². The van der Waals surface area contributed by atoms with Crippen LogP contribution >= 0.6 is 0 Å². The fourth-order valence-electron chi connectivity index (χ4n) is 1.78. The van der Waals surface area contributed by atoms with Crippen molar-refractivity contribution in [1.82, 2.24) is 15.0 Å². The van der Waals surface area contributed by atoms with Crippen LogP contribution in [0.15, 0.2) is 4.52 Å². The molecule has 0 aliphatic heterocycles. The Hall–Kier alpha value is -1.43. The minimum atomic E-state index is -0.845. The molecule has 1 atom stereocenters. The maximum atomic E-state index is 10.9. The highest BCUT2D eigenvalue weighted by Crippen LogP contribution is 2.10. The van der Waals surface area contributed by atoms with Crippen molar-refractivity contribution in [1.29, 1.82) is 0 Å². The molecular weight excluding hydrogens is 246 g/mol. The van der Waals surface area contributed by atoms with E-state index in [1.807, 2.05) is 18.7 Å². The van der Waals surface area contributed by atoms with Crippen LogP contribution in [-0.2, 0) is 17.8 Å². The molecule has 1 unspecified atom stereocenters. The number of aliphatic carboxylic acids is 1. The second-order valence-corrected chi connectivity index (χ2v) is 5.26. The van der Waals surface area contributed by atoms with E-state index in [1.54, 1.807) is 0 Å². The largest absolute Gasteiger partial charge is 0.480 e. The van der Waals surface area contributed by atoms with E-state index in [4.69, 9.17) is 9.63 Å². The first-order valence-electron chi connectivity index (χ1n) is 6.69. The lowest BCUT2D eigenvalue weighted by atomic mass is 10.1. The Labute approximate surface area is 113 Å². The third-order valence-electron chi connectivity index (χ3n) is 2.99. The van der Waals surface area contributed by atoms with Crippen molar-refractivity contribution in [2.75, 3.05) is 6.54 Å². The number of aromatic nitrogens is 2. The first-order valence-corrected chi connectivity index (χ1v) is 6.69. The predicted octanol–water partition coefficient (Wildman–Crippen LogP) is 1.95. The summed E-state index contributed by atoms with van der Waals surface area (Å²) in [5.74, 6) is 0.791. The maximum Gasteiger partial charge on any atom is 0.317 e.